The molecule has 1 aliphatic heterocycles. The summed E-state index contributed by atoms with van der Waals surface area (Å²) < 4.78 is 10.9. The molecule has 0 bridgehead atoms. The Labute approximate surface area is 141 Å². The van der Waals surface area contributed by atoms with Crippen LogP contribution < -0.4 is 20.7 Å². The van der Waals surface area contributed by atoms with Gasteiger partial charge in [-0.1, -0.05) is 6.07 Å². The minimum Gasteiger partial charge on any atom is -0.478 e. The molecule has 0 saturated carbocycles. The van der Waals surface area contributed by atoms with Crippen molar-refractivity contribution in [3.05, 3.63) is 30.0 Å². The third kappa shape index (κ3) is 4.02. The largest absolute Gasteiger partial charge is 0.478 e. The molecule has 1 fully saturated rings. The Morgan fingerprint density at radius 1 is 1.33 bits per heavy atom. The van der Waals surface area contributed by atoms with E-state index < -0.39 is 0 Å². The van der Waals surface area contributed by atoms with Gasteiger partial charge in [-0.2, -0.15) is 9.97 Å². The molecule has 0 amide bonds. The van der Waals surface area contributed by atoms with Crippen molar-refractivity contribution < 1.29 is 9.47 Å². The number of pyridine rings is 1. The summed E-state index contributed by atoms with van der Waals surface area (Å²) in [7, 11) is 0. The van der Waals surface area contributed by atoms with E-state index in [0.717, 1.165) is 24.5 Å². The lowest BCUT2D eigenvalue weighted by molar-refractivity contribution is 0.122. The van der Waals surface area contributed by atoms with Crippen LogP contribution in [0, 0.1) is 0 Å². The SMILES string of the molecule is CCOc1ncccc1CNc1cc(N2CCOCC2)nc(N)n1. The lowest BCUT2D eigenvalue weighted by Crippen LogP contribution is -2.37. The summed E-state index contributed by atoms with van der Waals surface area (Å²) in [5, 5.41) is 3.27. The number of nitrogens with two attached hydrogens (primary N) is 1. The van der Waals surface area contributed by atoms with E-state index in [4.69, 9.17) is 15.2 Å². The highest BCUT2D eigenvalue weighted by Gasteiger charge is 2.14. The summed E-state index contributed by atoms with van der Waals surface area (Å²) in [6.45, 7) is 6.04. The molecule has 3 N–H and O–H groups in total. The predicted molar refractivity (Wildman–Crippen MR) is 92.2 cm³/mol. The molecular formula is C16H22N6O2. The molecule has 8 heteroatoms. The molecule has 8 nitrogen and oxygen atoms in total. The molecular weight excluding hydrogens is 308 g/mol. The third-order valence-electron chi connectivity index (χ3n) is 3.66. The summed E-state index contributed by atoms with van der Waals surface area (Å²) in [4.78, 5) is 15.0. The molecule has 0 aromatic carbocycles. The second-order valence-corrected chi connectivity index (χ2v) is 5.32. The van der Waals surface area contributed by atoms with Crippen molar-refractivity contribution in [3.8, 4) is 5.88 Å². The fraction of sp³-hybridized carbons (Fsp3) is 0.438. The van der Waals surface area contributed by atoms with Gasteiger partial charge in [-0.3, -0.25) is 0 Å². The Hall–Kier alpha value is -2.61. The molecule has 24 heavy (non-hydrogen) atoms. The van der Waals surface area contributed by atoms with Gasteiger partial charge in [0, 0.05) is 37.5 Å². The molecule has 0 radical (unpaired) electrons. The number of nitrogens with one attached hydrogen (secondary N) is 1. The zero-order valence-corrected chi connectivity index (χ0v) is 13.7. The molecule has 2 aromatic heterocycles. The minimum absolute atomic E-state index is 0.248. The molecule has 2 aromatic rings. The van der Waals surface area contributed by atoms with Crippen molar-refractivity contribution in [2.45, 2.75) is 13.5 Å². The highest BCUT2D eigenvalue weighted by atomic mass is 16.5. The summed E-state index contributed by atoms with van der Waals surface area (Å²) in [5.74, 6) is 2.36. The Bertz CT molecular complexity index is 675. The summed E-state index contributed by atoms with van der Waals surface area (Å²) >= 11 is 0. The van der Waals surface area contributed by atoms with Crippen molar-refractivity contribution in [1.29, 1.82) is 0 Å². The van der Waals surface area contributed by atoms with Crippen LogP contribution in [0.15, 0.2) is 24.4 Å². The average molecular weight is 330 g/mol. The van der Waals surface area contributed by atoms with Gasteiger partial charge in [0.05, 0.1) is 19.8 Å². The molecule has 0 atom stereocenters. The maximum Gasteiger partial charge on any atom is 0.223 e. The van der Waals surface area contributed by atoms with Crippen LogP contribution in [-0.4, -0.2) is 47.9 Å². The molecule has 3 rings (SSSR count). The van der Waals surface area contributed by atoms with Crippen LogP contribution in [0.25, 0.3) is 0 Å². The number of morpholine rings is 1. The van der Waals surface area contributed by atoms with E-state index in [9.17, 15) is 0 Å². The molecule has 1 saturated heterocycles. The third-order valence-corrected chi connectivity index (χ3v) is 3.66. The van der Waals surface area contributed by atoms with Crippen molar-refractivity contribution in [3.63, 3.8) is 0 Å². The first kappa shape index (κ1) is 16.3. The maximum absolute atomic E-state index is 5.86. The van der Waals surface area contributed by atoms with E-state index in [1.165, 1.54) is 0 Å². The van der Waals surface area contributed by atoms with Gasteiger partial charge in [0.15, 0.2) is 0 Å². The number of ether oxygens (including phenoxy) is 2. The fourth-order valence-electron chi connectivity index (χ4n) is 2.51. The van der Waals surface area contributed by atoms with Crippen LogP contribution in [0.3, 0.4) is 0 Å². The number of hydrogen-bond acceptors (Lipinski definition) is 8. The zero-order chi connectivity index (χ0) is 16.8. The van der Waals surface area contributed by atoms with E-state index in [-0.39, 0.29) is 5.95 Å². The van der Waals surface area contributed by atoms with Crippen LogP contribution in [0.4, 0.5) is 17.6 Å². The molecule has 3 heterocycles. The van der Waals surface area contributed by atoms with Crippen LogP contribution in [0.1, 0.15) is 12.5 Å². The molecule has 128 valence electrons. The normalized spacial score (nSPS) is 14.5. The molecule has 0 spiro atoms. The van der Waals surface area contributed by atoms with Gasteiger partial charge in [0.25, 0.3) is 0 Å². The summed E-state index contributed by atoms with van der Waals surface area (Å²) in [6.07, 6.45) is 1.72. The van der Waals surface area contributed by atoms with Gasteiger partial charge in [-0.05, 0) is 13.0 Å². The highest BCUT2D eigenvalue weighted by Crippen LogP contribution is 2.20. The number of hydrogen-bond donors (Lipinski definition) is 2. The van der Waals surface area contributed by atoms with Crippen LogP contribution in [0.2, 0.25) is 0 Å². The lowest BCUT2D eigenvalue weighted by Gasteiger charge is -2.28. The van der Waals surface area contributed by atoms with Gasteiger partial charge < -0.3 is 25.4 Å². The number of aromatic nitrogens is 3. The topological polar surface area (TPSA) is 98.4 Å². The first-order valence-electron chi connectivity index (χ1n) is 8.04. The van der Waals surface area contributed by atoms with Gasteiger partial charge in [-0.25, -0.2) is 4.98 Å². The van der Waals surface area contributed by atoms with E-state index in [0.29, 0.717) is 38.1 Å². The van der Waals surface area contributed by atoms with Gasteiger partial charge >= 0.3 is 0 Å². The van der Waals surface area contributed by atoms with Crippen molar-refractivity contribution in [1.82, 2.24) is 15.0 Å². The minimum atomic E-state index is 0.248. The van der Waals surface area contributed by atoms with Crippen molar-refractivity contribution >= 4 is 17.6 Å². The first-order chi connectivity index (χ1) is 11.8. The van der Waals surface area contributed by atoms with Crippen molar-refractivity contribution in [2.24, 2.45) is 0 Å². The monoisotopic (exact) mass is 330 g/mol. The number of rotatable bonds is 6. The highest BCUT2D eigenvalue weighted by molar-refractivity contribution is 5.53. The second kappa shape index (κ2) is 7.78. The lowest BCUT2D eigenvalue weighted by atomic mass is 10.2. The number of anilines is 3. The van der Waals surface area contributed by atoms with Crippen LogP contribution >= 0.6 is 0 Å². The van der Waals surface area contributed by atoms with E-state index in [2.05, 4.69) is 25.2 Å². The van der Waals surface area contributed by atoms with Gasteiger partial charge in [0.1, 0.15) is 11.6 Å². The van der Waals surface area contributed by atoms with E-state index >= 15 is 0 Å². The number of nitrogens with zero attached hydrogens (tertiary/aromatic N) is 4. The first-order valence-corrected chi connectivity index (χ1v) is 8.04. The smallest absolute Gasteiger partial charge is 0.223 e. The summed E-state index contributed by atoms with van der Waals surface area (Å²) in [6, 6.07) is 5.75. The van der Waals surface area contributed by atoms with Gasteiger partial charge in [-0.15, -0.1) is 0 Å². The molecule has 0 unspecified atom stereocenters. The number of nitrogen functional groups attached to an aromatic ring is 1. The zero-order valence-electron chi connectivity index (χ0n) is 13.7. The maximum atomic E-state index is 5.86. The van der Waals surface area contributed by atoms with Gasteiger partial charge in [0.2, 0.25) is 11.8 Å². The Morgan fingerprint density at radius 3 is 2.96 bits per heavy atom. The average Bonchev–Trinajstić information content (AvgIpc) is 2.61. The van der Waals surface area contributed by atoms with E-state index in [1.54, 1.807) is 6.20 Å². The Morgan fingerprint density at radius 2 is 2.17 bits per heavy atom. The van der Waals surface area contributed by atoms with Crippen LogP contribution in [0.5, 0.6) is 5.88 Å². The Kier molecular flexibility index (Phi) is 5.27. The molecule has 1 aliphatic rings. The standard InChI is InChI=1S/C16H22N6O2/c1-2-24-15-12(4-3-5-18-15)11-19-13-10-14(21-16(17)20-13)22-6-8-23-9-7-22/h3-5,10H,2,6-9,11H2,1H3,(H3,17,19,20,21). The Balaban J connectivity index is 1.72. The van der Waals surface area contributed by atoms with Crippen LogP contribution in [-0.2, 0) is 11.3 Å². The van der Waals surface area contributed by atoms with E-state index in [1.807, 2.05) is 25.1 Å². The van der Waals surface area contributed by atoms with Crippen molar-refractivity contribution in [2.75, 3.05) is 48.9 Å². The molecule has 0 aliphatic carbocycles. The predicted octanol–water partition coefficient (Wildman–Crippen LogP) is 1.30. The quantitative estimate of drug-likeness (QED) is 0.818. The second-order valence-electron chi connectivity index (χ2n) is 5.32. The fourth-order valence-corrected chi connectivity index (χ4v) is 2.51. The summed E-state index contributed by atoms with van der Waals surface area (Å²) in [5.41, 5.74) is 6.82.